The van der Waals surface area contributed by atoms with Gasteiger partial charge in [0.15, 0.2) is 5.43 Å². The molecule has 0 spiro atoms. The second kappa shape index (κ2) is 4.92. The second-order valence-electron chi connectivity index (χ2n) is 3.50. The molecule has 2 heterocycles. The lowest BCUT2D eigenvalue weighted by atomic mass is 10.2. The van der Waals surface area contributed by atoms with E-state index in [1.165, 1.54) is 23.6 Å². The molecule has 0 fully saturated rings. The molecule has 0 aliphatic carbocycles. The van der Waals surface area contributed by atoms with Gasteiger partial charge < -0.3 is 10.3 Å². The van der Waals surface area contributed by atoms with Crippen LogP contribution in [0.25, 0.3) is 0 Å². The lowest BCUT2D eigenvalue weighted by molar-refractivity contribution is 0.0949. The van der Waals surface area contributed by atoms with Gasteiger partial charge >= 0.3 is 0 Å². The number of carbonyl (C=O) groups is 1. The molecule has 0 aliphatic rings. The van der Waals surface area contributed by atoms with E-state index >= 15 is 0 Å². The summed E-state index contributed by atoms with van der Waals surface area (Å²) in [5, 5.41) is 5.29. The summed E-state index contributed by atoms with van der Waals surface area (Å²) in [5.41, 5.74) is 0.566. The number of amides is 1. The number of nitrogens with one attached hydrogen (secondary N) is 2. The third-order valence-corrected chi connectivity index (χ3v) is 2.97. The van der Waals surface area contributed by atoms with Gasteiger partial charge in [0.05, 0.1) is 6.54 Å². The third-order valence-electron chi connectivity index (χ3n) is 2.19. The number of aryl methyl sites for hydroxylation is 1. The normalized spacial score (nSPS) is 10.2. The fourth-order valence-corrected chi connectivity index (χ4v) is 1.90. The highest BCUT2D eigenvalue weighted by Crippen LogP contribution is 2.03. The van der Waals surface area contributed by atoms with Crippen LogP contribution in [0.3, 0.4) is 0 Å². The average molecular weight is 249 g/mol. The zero-order valence-electron chi connectivity index (χ0n) is 9.19. The highest BCUT2D eigenvalue weighted by Gasteiger charge is 2.10. The number of aromatic amines is 1. The fraction of sp³-hybridized carbons (Fsp3) is 0.182. The molecule has 17 heavy (non-hydrogen) atoms. The average Bonchev–Trinajstić information content (AvgIpc) is 2.78. The van der Waals surface area contributed by atoms with Gasteiger partial charge in [0, 0.05) is 29.5 Å². The quantitative estimate of drug-likeness (QED) is 0.854. The Kier molecular flexibility index (Phi) is 3.34. The highest BCUT2D eigenvalue weighted by atomic mass is 32.1. The summed E-state index contributed by atoms with van der Waals surface area (Å²) in [6.07, 6.45) is 3.10. The largest absolute Gasteiger partial charge is 0.364 e. The van der Waals surface area contributed by atoms with Crippen molar-refractivity contribution in [3.8, 4) is 0 Å². The van der Waals surface area contributed by atoms with Gasteiger partial charge in [-0.1, -0.05) is 0 Å². The molecule has 0 atom stereocenters. The molecule has 6 heteroatoms. The SMILES string of the molecule is Cc1cc(=O)c(C(=O)NCc2nccs2)c[nH]1. The monoisotopic (exact) mass is 249 g/mol. The molecule has 2 N–H and O–H groups in total. The van der Waals surface area contributed by atoms with Gasteiger partial charge in [-0.2, -0.15) is 0 Å². The predicted octanol–water partition coefficient (Wildman–Crippen LogP) is 1.07. The minimum Gasteiger partial charge on any atom is -0.364 e. The molecule has 2 aromatic heterocycles. The molecule has 0 saturated heterocycles. The molecule has 0 bridgehead atoms. The van der Waals surface area contributed by atoms with Crippen molar-refractivity contribution in [3.05, 3.63) is 50.3 Å². The van der Waals surface area contributed by atoms with Crippen molar-refractivity contribution >= 4 is 17.2 Å². The number of carbonyl (C=O) groups excluding carboxylic acids is 1. The smallest absolute Gasteiger partial charge is 0.257 e. The predicted molar refractivity (Wildman–Crippen MR) is 65.1 cm³/mol. The van der Waals surface area contributed by atoms with Crippen LogP contribution in [0.5, 0.6) is 0 Å². The van der Waals surface area contributed by atoms with Gasteiger partial charge in [-0.3, -0.25) is 9.59 Å². The Morgan fingerprint density at radius 2 is 2.41 bits per heavy atom. The molecule has 0 aromatic carbocycles. The van der Waals surface area contributed by atoms with Crippen LogP contribution in [0.4, 0.5) is 0 Å². The van der Waals surface area contributed by atoms with E-state index in [1.807, 2.05) is 5.38 Å². The zero-order chi connectivity index (χ0) is 12.3. The van der Waals surface area contributed by atoms with E-state index in [0.717, 1.165) is 10.7 Å². The zero-order valence-corrected chi connectivity index (χ0v) is 10.0. The van der Waals surface area contributed by atoms with Crippen LogP contribution in [-0.2, 0) is 6.54 Å². The van der Waals surface area contributed by atoms with Crippen LogP contribution >= 0.6 is 11.3 Å². The summed E-state index contributed by atoms with van der Waals surface area (Å²) in [6, 6.07) is 1.40. The van der Waals surface area contributed by atoms with Gasteiger partial charge in [0.25, 0.3) is 5.91 Å². The van der Waals surface area contributed by atoms with Gasteiger partial charge in [-0.25, -0.2) is 4.98 Å². The molecule has 2 aromatic rings. The maximum Gasteiger partial charge on any atom is 0.257 e. The van der Waals surface area contributed by atoms with E-state index in [1.54, 1.807) is 13.1 Å². The Morgan fingerprint density at radius 3 is 3.06 bits per heavy atom. The molecule has 0 unspecified atom stereocenters. The van der Waals surface area contributed by atoms with Gasteiger partial charge in [0.1, 0.15) is 10.6 Å². The number of rotatable bonds is 3. The number of nitrogens with zero attached hydrogens (tertiary/aromatic N) is 1. The molecular weight excluding hydrogens is 238 g/mol. The molecule has 2 rings (SSSR count). The van der Waals surface area contributed by atoms with E-state index in [0.29, 0.717) is 6.54 Å². The van der Waals surface area contributed by atoms with Crippen molar-refractivity contribution in [2.45, 2.75) is 13.5 Å². The molecule has 0 saturated carbocycles. The Hall–Kier alpha value is -1.95. The van der Waals surface area contributed by atoms with E-state index < -0.39 is 0 Å². The van der Waals surface area contributed by atoms with Gasteiger partial charge in [-0.15, -0.1) is 11.3 Å². The first-order chi connectivity index (χ1) is 8.16. The number of hydrogen-bond donors (Lipinski definition) is 2. The molecule has 1 amide bonds. The summed E-state index contributed by atoms with van der Waals surface area (Å²) in [7, 11) is 0. The summed E-state index contributed by atoms with van der Waals surface area (Å²) in [4.78, 5) is 30.1. The number of pyridine rings is 1. The summed E-state index contributed by atoms with van der Waals surface area (Å²) in [6.45, 7) is 2.10. The van der Waals surface area contributed by atoms with Crippen molar-refractivity contribution in [1.82, 2.24) is 15.3 Å². The first kappa shape index (κ1) is 11.5. The topological polar surface area (TPSA) is 74.8 Å². The lowest BCUT2D eigenvalue weighted by Crippen LogP contribution is -2.28. The number of hydrogen-bond acceptors (Lipinski definition) is 4. The maximum atomic E-state index is 11.7. The lowest BCUT2D eigenvalue weighted by Gasteiger charge is -2.02. The second-order valence-corrected chi connectivity index (χ2v) is 4.48. The Morgan fingerprint density at radius 1 is 1.59 bits per heavy atom. The van der Waals surface area contributed by atoms with Gasteiger partial charge in [-0.05, 0) is 6.92 Å². The summed E-state index contributed by atoms with van der Waals surface area (Å²) in [5.74, 6) is -0.388. The van der Waals surface area contributed by atoms with Crippen molar-refractivity contribution in [3.63, 3.8) is 0 Å². The van der Waals surface area contributed by atoms with E-state index in [-0.39, 0.29) is 16.9 Å². The molecule has 0 radical (unpaired) electrons. The van der Waals surface area contributed by atoms with Crippen molar-refractivity contribution in [2.24, 2.45) is 0 Å². The van der Waals surface area contributed by atoms with E-state index in [4.69, 9.17) is 0 Å². The number of aromatic nitrogens is 2. The summed E-state index contributed by atoms with van der Waals surface area (Å²) >= 11 is 1.45. The molecule has 0 aliphatic heterocycles. The summed E-state index contributed by atoms with van der Waals surface area (Å²) < 4.78 is 0. The molecule has 88 valence electrons. The third kappa shape index (κ3) is 2.79. The van der Waals surface area contributed by atoms with Crippen LogP contribution in [-0.4, -0.2) is 15.9 Å². The Labute approximate surface area is 102 Å². The molecule has 5 nitrogen and oxygen atoms in total. The molecular formula is C11H11N3O2S. The van der Waals surface area contributed by atoms with E-state index in [2.05, 4.69) is 15.3 Å². The van der Waals surface area contributed by atoms with Crippen LogP contribution in [0.1, 0.15) is 21.1 Å². The van der Waals surface area contributed by atoms with Crippen molar-refractivity contribution in [2.75, 3.05) is 0 Å². The maximum absolute atomic E-state index is 11.7. The highest BCUT2D eigenvalue weighted by molar-refractivity contribution is 7.09. The first-order valence-corrected chi connectivity index (χ1v) is 5.90. The first-order valence-electron chi connectivity index (χ1n) is 5.03. The number of thiazole rings is 1. The minimum absolute atomic E-state index is 0.118. The van der Waals surface area contributed by atoms with Crippen LogP contribution < -0.4 is 10.7 Å². The van der Waals surface area contributed by atoms with Crippen LogP contribution in [0.15, 0.2) is 28.6 Å². The van der Waals surface area contributed by atoms with Crippen LogP contribution in [0.2, 0.25) is 0 Å². The van der Waals surface area contributed by atoms with Crippen molar-refractivity contribution < 1.29 is 4.79 Å². The van der Waals surface area contributed by atoms with E-state index in [9.17, 15) is 9.59 Å². The van der Waals surface area contributed by atoms with Crippen molar-refractivity contribution in [1.29, 1.82) is 0 Å². The Balaban J connectivity index is 2.07. The Bertz CT molecular complexity index is 575. The fourth-order valence-electron chi connectivity index (χ4n) is 1.34. The van der Waals surface area contributed by atoms with Crippen LogP contribution in [0, 0.1) is 6.92 Å². The number of H-pyrrole nitrogens is 1. The van der Waals surface area contributed by atoms with Gasteiger partial charge in [0.2, 0.25) is 0 Å². The standard InChI is InChI=1S/C11H11N3O2S/c1-7-4-9(15)8(5-13-7)11(16)14-6-10-12-2-3-17-10/h2-5H,6H2,1H3,(H,13,15)(H,14,16). The minimum atomic E-state index is -0.388.